The molecule has 2 aromatic heterocycles. The highest BCUT2D eigenvalue weighted by Crippen LogP contribution is 2.42. The van der Waals surface area contributed by atoms with Crippen LogP contribution in [-0.2, 0) is 0 Å². The average molecular weight is 370 g/mol. The zero-order chi connectivity index (χ0) is 15.0. The Hall–Kier alpha value is -1.92. The first-order valence-electron chi connectivity index (χ1n) is 5.95. The van der Waals surface area contributed by atoms with E-state index in [0.717, 1.165) is 0 Å². The zero-order valence-electron chi connectivity index (χ0n) is 10.9. The molecule has 2 heterocycles. The highest BCUT2D eigenvalue weighted by molar-refractivity contribution is 9.10. The predicted molar refractivity (Wildman–Crippen MR) is 83.3 cm³/mol. The summed E-state index contributed by atoms with van der Waals surface area (Å²) in [6, 6.07) is 8.74. The van der Waals surface area contributed by atoms with Crippen molar-refractivity contribution in [3.63, 3.8) is 0 Å². The summed E-state index contributed by atoms with van der Waals surface area (Å²) in [5.41, 5.74) is 7.20. The number of rotatable bonds is 3. The number of furan rings is 1. The fraction of sp³-hybridized carbons (Fsp3) is 0.0714. The molecule has 0 atom stereocenters. The van der Waals surface area contributed by atoms with Crippen LogP contribution < -0.4 is 10.5 Å². The lowest BCUT2D eigenvalue weighted by molar-refractivity contribution is 0.414. The van der Waals surface area contributed by atoms with Crippen molar-refractivity contribution in [2.75, 3.05) is 12.8 Å². The van der Waals surface area contributed by atoms with Crippen LogP contribution in [0.5, 0.6) is 5.75 Å². The Labute approximate surface area is 133 Å². The van der Waals surface area contributed by atoms with Crippen LogP contribution in [0.3, 0.4) is 0 Å². The first kappa shape index (κ1) is 14.0. The normalized spacial score (nSPS) is 10.8. The third-order valence-electron chi connectivity index (χ3n) is 2.95. The van der Waals surface area contributed by atoms with Gasteiger partial charge in [0.2, 0.25) is 5.76 Å². The van der Waals surface area contributed by atoms with Crippen LogP contribution in [0.25, 0.3) is 22.6 Å². The molecule has 3 aromatic rings. The van der Waals surface area contributed by atoms with Gasteiger partial charge in [-0.2, -0.15) is 0 Å². The third-order valence-corrected chi connectivity index (χ3v) is 3.61. The largest absolute Gasteiger partial charge is 0.496 e. The predicted octanol–water partition coefficient (Wildman–Crippen LogP) is 4.61. The highest BCUT2D eigenvalue weighted by Gasteiger charge is 2.23. The Kier molecular flexibility index (Phi) is 3.65. The minimum atomic E-state index is 0.234. The van der Waals surface area contributed by atoms with Gasteiger partial charge in [0, 0.05) is 10.6 Å². The van der Waals surface area contributed by atoms with Crippen LogP contribution in [0.15, 0.2) is 43.9 Å². The van der Waals surface area contributed by atoms with Gasteiger partial charge in [-0.25, -0.2) is 0 Å². The maximum absolute atomic E-state index is 6.07. The molecular weight excluding hydrogens is 360 g/mol. The summed E-state index contributed by atoms with van der Waals surface area (Å²) in [6.45, 7) is 0. The number of nitrogens with zero attached hydrogens (tertiary/aromatic N) is 1. The molecule has 7 heteroatoms. The molecule has 0 aliphatic heterocycles. The van der Waals surface area contributed by atoms with Crippen molar-refractivity contribution < 1.29 is 13.7 Å². The summed E-state index contributed by atoms with van der Waals surface area (Å²) in [4.78, 5) is 0. The zero-order valence-corrected chi connectivity index (χ0v) is 13.2. The van der Waals surface area contributed by atoms with Gasteiger partial charge >= 0.3 is 0 Å². The lowest BCUT2D eigenvalue weighted by atomic mass is 10.0. The van der Waals surface area contributed by atoms with E-state index in [2.05, 4.69) is 21.1 Å². The summed E-state index contributed by atoms with van der Waals surface area (Å²) in [5.74, 6) is 1.76. The standard InChI is InChI=1S/C14H10BrClN2O3/c1-19-9-3-2-7(16)6-8(9)12-13(21-18-14(12)17)10-4-5-11(15)20-10/h2-6H,1H3,(H2,17,18). The van der Waals surface area contributed by atoms with Crippen molar-refractivity contribution in [2.45, 2.75) is 0 Å². The number of ether oxygens (including phenoxy) is 1. The maximum Gasteiger partial charge on any atom is 0.212 e. The number of anilines is 1. The number of hydrogen-bond acceptors (Lipinski definition) is 5. The molecule has 0 saturated carbocycles. The summed E-state index contributed by atoms with van der Waals surface area (Å²) in [5, 5.41) is 4.37. The second-order valence-corrected chi connectivity index (χ2v) is 5.44. The van der Waals surface area contributed by atoms with Gasteiger partial charge in [-0.1, -0.05) is 16.8 Å². The van der Waals surface area contributed by atoms with Gasteiger partial charge in [0.15, 0.2) is 16.2 Å². The van der Waals surface area contributed by atoms with Crippen LogP contribution in [-0.4, -0.2) is 12.3 Å². The monoisotopic (exact) mass is 368 g/mol. The lowest BCUT2D eigenvalue weighted by Crippen LogP contribution is -1.92. The molecule has 0 unspecified atom stereocenters. The molecule has 21 heavy (non-hydrogen) atoms. The van der Waals surface area contributed by atoms with Crippen LogP contribution in [0.2, 0.25) is 5.02 Å². The van der Waals surface area contributed by atoms with Gasteiger partial charge < -0.3 is 19.4 Å². The van der Waals surface area contributed by atoms with E-state index in [9.17, 15) is 0 Å². The van der Waals surface area contributed by atoms with Gasteiger partial charge in [-0.15, -0.1) is 0 Å². The molecule has 0 spiro atoms. The van der Waals surface area contributed by atoms with E-state index in [4.69, 9.17) is 31.0 Å². The molecule has 1 aromatic carbocycles. The Balaban J connectivity index is 2.24. The molecule has 2 N–H and O–H groups in total. The van der Waals surface area contributed by atoms with E-state index in [-0.39, 0.29) is 5.82 Å². The molecule has 0 saturated heterocycles. The molecule has 0 fully saturated rings. The van der Waals surface area contributed by atoms with Gasteiger partial charge in [0.1, 0.15) is 5.75 Å². The van der Waals surface area contributed by atoms with E-state index in [1.807, 2.05) is 0 Å². The molecule has 108 valence electrons. The van der Waals surface area contributed by atoms with E-state index in [0.29, 0.717) is 38.1 Å². The third kappa shape index (κ3) is 2.52. The fourth-order valence-corrected chi connectivity index (χ4v) is 2.52. The summed E-state index contributed by atoms with van der Waals surface area (Å²) < 4.78 is 16.7. The minimum Gasteiger partial charge on any atom is -0.496 e. The lowest BCUT2D eigenvalue weighted by Gasteiger charge is -2.08. The summed E-state index contributed by atoms with van der Waals surface area (Å²) in [7, 11) is 1.57. The molecule has 0 amide bonds. The quantitative estimate of drug-likeness (QED) is 0.730. The van der Waals surface area contributed by atoms with Crippen molar-refractivity contribution in [3.05, 3.63) is 40.0 Å². The Morgan fingerprint density at radius 1 is 1.29 bits per heavy atom. The van der Waals surface area contributed by atoms with Crippen molar-refractivity contribution >= 4 is 33.3 Å². The Bertz CT molecular complexity index is 797. The number of halogens is 2. The van der Waals surface area contributed by atoms with Gasteiger partial charge in [0.05, 0.1) is 12.7 Å². The molecule has 0 radical (unpaired) electrons. The Morgan fingerprint density at radius 3 is 2.76 bits per heavy atom. The summed E-state index contributed by atoms with van der Waals surface area (Å²) >= 11 is 9.32. The highest BCUT2D eigenvalue weighted by atomic mass is 79.9. The van der Waals surface area contributed by atoms with Crippen molar-refractivity contribution in [1.29, 1.82) is 0 Å². The first-order valence-corrected chi connectivity index (χ1v) is 7.12. The van der Waals surface area contributed by atoms with Gasteiger partial charge in [-0.3, -0.25) is 0 Å². The number of nitrogens with two attached hydrogens (primary N) is 1. The number of benzene rings is 1. The number of aromatic nitrogens is 1. The fourth-order valence-electron chi connectivity index (χ4n) is 2.04. The van der Waals surface area contributed by atoms with E-state index >= 15 is 0 Å². The van der Waals surface area contributed by atoms with Gasteiger partial charge in [0.25, 0.3) is 0 Å². The van der Waals surface area contributed by atoms with Crippen molar-refractivity contribution in [2.24, 2.45) is 0 Å². The second kappa shape index (κ2) is 5.46. The second-order valence-electron chi connectivity index (χ2n) is 4.22. The number of nitrogen functional groups attached to an aromatic ring is 1. The maximum atomic E-state index is 6.07. The van der Waals surface area contributed by atoms with E-state index < -0.39 is 0 Å². The van der Waals surface area contributed by atoms with Crippen LogP contribution in [0.4, 0.5) is 5.82 Å². The molecule has 5 nitrogen and oxygen atoms in total. The van der Waals surface area contributed by atoms with E-state index in [1.165, 1.54) is 0 Å². The Morgan fingerprint density at radius 2 is 2.10 bits per heavy atom. The van der Waals surface area contributed by atoms with Crippen molar-refractivity contribution in [1.82, 2.24) is 5.16 Å². The van der Waals surface area contributed by atoms with E-state index in [1.54, 1.807) is 37.4 Å². The van der Waals surface area contributed by atoms with Crippen molar-refractivity contribution in [3.8, 4) is 28.4 Å². The molecular formula is C14H10BrClN2O3. The number of hydrogen-bond donors (Lipinski definition) is 1. The average Bonchev–Trinajstić information content (AvgIpc) is 3.04. The van der Waals surface area contributed by atoms with Crippen LogP contribution >= 0.6 is 27.5 Å². The molecule has 0 aliphatic rings. The topological polar surface area (TPSA) is 74.4 Å². The minimum absolute atomic E-state index is 0.234. The van der Waals surface area contributed by atoms with Crippen LogP contribution in [0.1, 0.15) is 0 Å². The van der Waals surface area contributed by atoms with Crippen LogP contribution in [0, 0.1) is 0 Å². The smallest absolute Gasteiger partial charge is 0.212 e. The summed E-state index contributed by atoms with van der Waals surface area (Å²) in [6.07, 6.45) is 0. The number of methoxy groups -OCH3 is 1. The first-order chi connectivity index (χ1) is 10.1. The molecule has 3 rings (SSSR count). The SMILES string of the molecule is COc1ccc(Cl)cc1-c1c(N)noc1-c1ccc(Br)o1. The molecule has 0 aliphatic carbocycles. The van der Waals surface area contributed by atoms with Gasteiger partial charge in [-0.05, 0) is 46.3 Å². The molecule has 0 bridgehead atoms.